The summed E-state index contributed by atoms with van der Waals surface area (Å²) in [6.45, 7) is 7.04. The van der Waals surface area contributed by atoms with E-state index in [1.807, 2.05) is 0 Å². The van der Waals surface area contributed by atoms with E-state index in [4.69, 9.17) is 5.11 Å². The van der Waals surface area contributed by atoms with Crippen molar-refractivity contribution in [1.29, 1.82) is 0 Å². The molecule has 1 aromatic carbocycles. The zero-order valence-electron chi connectivity index (χ0n) is 11.4. The predicted molar refractivity (Wildman–Crippen MR) is 73.7 cm³/mol. The lowest BCUT2D eigenvalue weighted by Gasteiger charge is -2.32. The first-order chi connectivity index (χ1) is 9.15. The monoisotopic (exact) mass is 267 g/mol. The van der Waals surface area contributed by atoms with Crippen LogP contribution in [0.4, 0.5) is 4.39 Å². The van der Waals surface area contributed by atoms with Crippen molar-refractivity contribution < 1.29 is 9.50 Å². The Kier molecular flexibility index (Phi) is 5.13. The maximum Gasteiger partial charge on any atom is 0.165 e. The minimum Gasteiger partial charge on any atom is -0.505 e. The topological polar surface area (TPSA) is 38.7 Å². The van der Waals surface area contributed by atoms with Crippen LogP contribution in [0.15, 0.2) is 18.2 Å². The number of halogens is 1. The summed E-state index contributed by atoms with van der Waals surface area (Å²) in [5.74, 6) is -0.848. The molecule has 0 aromatic heterocycles. The van der Waals surface area contributed by atoms with Gasteiger partial charge in [-0.05, 0) is 24.7 Å². The predicted octanol–water partition coefficient (Wildman–Crippen LogP) is 0.868. The number of benzene rings is 1. The van der Waals surface area contributed by atoms with Crippen molar-refractivity contribution in [2.24, 2.45) is 0 Å². The highest BCUT2D eigenvalue weighted by Gasteiger charge is 2.12. The van der Waals surface area contributed by atoms with Crippen LogP contribution in [0.2, 0.25) is 0 Å². The molecule has 19 heavy (non-hydrogen) atoms. The third-order valence-corrected chi connectivity index (χ3v) is 3.54. The number of nitrogens with one attached hydrogen (secondary N) is 1. The third-order valence-electron chi connectivity index (χ3n) is 3.54. The Morgan fingerprint density at radius 3 is 2.68 bits per heavy atom. The van der Waals surface area contributed by atoms with Crippen LogP contribution in [0.3, 0.4) is 0 Å². The number of rotatable bonds is 5. The molecule has 1 aliphatic heterocycles. The molecule has 0 spiro atoms. The molecule has 1 fully saturated rings. The zero-order chi connectivity index (χ0) is 13.7. The van der Waals surface area contributed by atoms with E-state index in [1.165, 1.54) is 12.1 Å². The average Bonchev–Trinajstić information content (AvgIpc) is 2.41. The molecule has 1 saturated heterocycles. The van der Waals surface area contributed by atoms with Gasteiger partial charge in [0.05, 0.1) is 0 Å². The summed E-state index contributed by atoms with van der Waals surface area (Å²) >= 11 is 0. The van der Waals surface area contributed by atoms with Crippen molar-refractivity contribution in [2.75, 3.05) is 46.3 Å². The van der Waals surface area contributed by atoms with Crippen molar-refractivity contribution in [1.82, 2.24) is 15.1 Å². The van der Waals surface area contributed by atoms with E-state index in [1.54, 1.807) is 6.07 Å². The summed E-state index contributed by atoms with van der Waals surface area (Å²) in [6.07, 6.45) is 0. The first-order valence-electron chi connectivity index (χ1n) is 6.74. The van der Waals surface area contributed by atoms with Crippen LogP contribution in [-0.2, 0) is 6.54 Å². The molecule has 0 bridgehead atoms. The lowest BCUT2D eigenvalue weighted by molar-refractivity contribution is 0.154. The van der Waals surface area contributed by atoms with Crippen molar-refractivity contribution in [3.8, 4) is 5.75 Å². The fourth-order valence-electron chi connectivity index (χ4n) is 2.20. The molecule has 0 saturated carbocycles. The lowest BCUT2D eigenvalue weighted by Crippen LogP contribution is -2.46. The van der Waals surface area contributed by atoms with Gasteiger partial charge in [0, 0.05) is 45.8 Å². The van der Waals surface area contributed by atoms with Crippen molar-refractivity contribution in [2.45, 2.75) is 6.54 Å². The standard InChI is InChI=1S/C14H22FN3O/c1-17-6-8-18(9-7-17)5-4-16-11-12-2-3-14(19)13(15)10-12/h2-3,10,16,19H,4-9,11H2,1H3. The summed E-state index contributed by atoms with van der Waals surface area (Å²) < 4.78 is 13.1. The molecule has 0 radical (unpaired) electrons. The molecule has 5 heteroatoms. The van der Waals surface area contributed by atoms with Gasteiger partial charge in [-0.25, -0.2) is 4.39 Å². The molecule has 1 aromatic rings. The lowest BCUT2D eigenvalue weighted by atomic mass is 10.2. The highest BCUT2D eigenvalue weighted by Crippen LogP contribution is 2.15. The maximum atomic E-state index is 13.1. The van der Waals surface area contributed by atoms with E-state index in [2.05, 4.69) is 22.2 Å². The molecule has 106 valence electrons. The van der Waals surface area contributed by atoms with E-state index >= 15 is 0 Å². The number of aromatic hydroxyl groups is 1. The molecule has 0 amide bonds. The molecule has 0 atom stereocenters. The number of hydrogen-bond donors (Lipinski definition) is 2. The summed E-state index contributed by atoms with van der Waals surface area (Å²) in [7, 11) is 2.15. The third kappa shape index (κ3) is 4.45. The van der Waals surface area contributed by atoms with Gasteiger partial charge < -0.3 is 15.3 Å². The molecular formula is C14H22FN3O. The molecule has 1 heterocycles. The second-order valence-corrected chi connectivity index (χ2v) is 5.11. The number of hydrogen-bond acceptors (Lipinski definition) is 4. The summed E-state index contributed by atoms with van der Waals surface area (Å²) in [5.41, 5.74) is 0.855. The minimum atomic E-state index is -0.557. The quantitative estimate of drug-likeness (QED) is 0.777. The Hall–Kier alpha value is -1.17. The van der Waals surface area contributed by atoms with Gasteiger partial charge in [0.25, 0.3) is 0 Å². The Balaban J connectivity index is 1.65. The second kappa shape index (κ2) is 6.84. The van der Waals surface area contributed by atoms with E-state index in [0.29, 0.717) is 6.54 Å². The van der Waals surface area contributed by atoms with E-state index < -0.39 is 5.82 Å². The van der Waals surface area contributed by atoms with Crippen LogP contribution in [0, 0.1) is 5.82 Å². The van der Waals surface area contributed by atoms with Gasteiger partial charge >= 0.3 is 0 Å². The molecular weight excluding hydrogens is 245 g/mol. The van der Waals surface area contributed by atoms with Gasteiger partial charge in [0.15, 0.2) is 11.6 Å². The van der Waals surface area contributed by atoms with Crippen LogP contribution in [0.5, 0.6) is 5.75 Å². The Morgan fingerprint density at radius 2 is 2.00 bits per heavy atom. The van der Waals surface area contributed by atoms with Gasteiger partial charge in [-0.2, -0.15) is 0 Å². The van der Waals surface area contributed by atoms with Crippen LogP contribution in [0.1, 0.15) is 5.56 Å². The van der Waals surface area contributed by atoms with Gasteiger partial charge in [0.2, 0.25) is 0 Å². The molecule has 1 aliphatic rings. The largest absolute Gasteiger partial charge is 0.505 e. The van der Waals surface area contributed by atoms with Gasteiger partial charge in [-0.3, -0.25) is 4.90 Å². The average molecular weight is 267 g/mol. The molecule has 0 aliphatic carbocycles. The van der Waals surface area contributed by atoms with Crippen molar-refractivity contribution in [3.05, 3.63) is 29.6 Å². The van der Waals surface area contributed by atoms with E-state index in [0.717, 1.165) is 44.8 Å². The van der Waals surface area contributed by atoms with E-state index in [9.17, 15) is 4.39 Å². The van der Waals surface area contributed by atoms with Crippen LogP contribution in [0.25, 0.3) is 0 Å². The van der Waals surface area contributed by atoms with Crippen LogP contribution >= 0.6 is 0 Å². The number of piperazine rings is 1. The minimum absolute atomic E-state index is 0.291. The zero-order valence-corrected chi connectivity index (χ0v) is 11.4. The first kappa shape index (κ1) is 14.2. The smallest absolute Gasteiger partial charge is 0.165 e. The number of phenols is 1. The van der Waals surface area contributed by atoms with Gasteiger partial charge in [0.1, 0.15) is 0 Å². The molecule has 4 nitrogen and oxygen atoms in total. The first-order valence-corrected chi connectivity index (χ1v) is 6.74. The Bertz CT molecular complexity index is 406. The summed E-state index contributed by atoms with van der Waals surface area (Å²) in [4.78, 5) is 4.77. The fourth-order valence-corrected chi connectivity index (χ4v) is 2.20. The number of likely N-dealkylation sites (N-methyl/N-ethyl adjacent to an activating group) is 1. The van der Waals surface area contributed by atoms with Crippen molar-refractivity contribution >= 4 is 0 Å². The highest BCUT2D eigenvalue weighted by molar-refractivity contribution is 5.27. The Morgan fingerprint density at radius 1 is 1.26 bits per heavy atom. The van der Waals surface area contributed by atoms with Crippen LogP contribution in [-0.4, -0.2) is 61.2 Å². The number of phenolic OH excluding ortho intramolecular Hbond substituents is 1. The molecule has 0 unspecified atom stereocenters. The highest BCUT2D eigenvalue weighted by atomic mass is 19.1. The maximum absolute atomic E-state index is 13.1. The fraction of sp³-hybridized carbons (Fsp3) is 0.571. The Labute approximate surface area is 113 Å². The summed E-state index contributed by atoms with van der Waals surface area (Å²) in [6, 6.07) is 4.51. The molecule has 2 N–H and O–H groups in total. The summed E-state index contributed by atoms with van der Waals surface area (Å²) in [5, 5.41) is 12.4. The van der Waals surface area contributed by atoms with E-state index in [-0.39, 0.29) is 5.75 Å². The molecule has 2 rings (SSSR count). The van der Waals surface area contributed by atoms with Gasteiger partial charge in [-0.15, -0.1) is 0 Å². The van der Waals surface area contributed by atoms with Gasteiger partial charge in [-0.1, -0.05) is 6.07 Å². The van der Waals surface area contributed by atoms with Crippen molar-refractivity contribution in [3.63, 3.8) is 0 Å². The normalized spacial score (nSPS) is 17.8. The van der Waals surface area contributed by atoms with Crippen LogP contribution < -0.4 is 5.32 Å². The number of nitrogens with zero attached hydrogens (tertiary/aromatic N) is 2. The second-order valence-electron chi connectivity index (χ2n) is 5.11. The SMILES string of the molecule is CN1CCN(CCNCc2ccc(O)c(F)c2)CC1.